The number of hydrogen-bond donors (Lipinski definition) is 0. The fourth-order valence-corrected chi connectivity index (χ4v) is 4.64. The molecule has 2 fully saturated rings. The maximum Gasteiger partial charge on any atom is 0.182 e. The molecule has 0 spiro atoms. The Hall–Kier alpha value is -3.46. The van der Waals surface area contributed by atoms with Crippen molar-refractivity contribution >= 4 is 11.2 Å². The first-order valence-electron chi connectivity index (χ1n) is 12.0. The molecule has 1 saturated carbocycles. The zero-order valence-corrected chi connectivity index (χ0v) is 20.0. The molecule has 1 aliphatic carbocycles. The summed E-state index contributed by atoms with van der Waals surface area (Å²) in [6, 6.07) is 5.29. The molecule has 0 amide bonds. The highest BCUT2D eigenvalue weighted by Gasteiger charge is 2.31. The third-order valence-electron chi connectivity index (χ3n) is 6.95. The Bertz CT molecular complexity index is 1420. The smallest absolute Gasteiger partial charge is 0.182 e. The predicted octanol–water partition coefficient (Wildman–Crippen LogP) is 5.02. The molecule has 180 valence electrons. The normalized spacial score (nSPS) is 20.3. The first-order chi connectivity index (χ1) is 17.0. The van der Waals surface area contributed by atoms with Crippen molar-refractivity contribution in [3.63, 3.8) is 0 Å². The number of ether oxygens (including phenoxy) is 2. The van der Waals surface area contributed by atoms with Gasteiger partial charge in [0.25, 0.3) is 0 Å². The molecule has 0 N–H and O–H groups in total. The summed E-state index contributed by atoms with van der Waals surface area (Å²) < 4.78 is 28.5. The van der Waals surface area contributed by atoms with E-state index in [-0.39, 0.29) is 12.0 Å². The summed E-state index contributed by atoms with van der Waals surface area (Å²) in [7, 11) is 1.51. The topological polar surface area (TPSA) is 87.8 Å². The van der Waals surface area contributed by atoms with Gasteiger partial charge in [0.15, 0.2) is 5.65 Å². The summed E-state index contributed by atoms with van der Waals surface area (Å²) in [6.07, 6.45) is 7.80. The summed E-state index contributed by atoms with van der Waals surface area (Å²) in [5.74, 6) is 0.712. The van der Waals surface area contributed by atoms with Crippen LogP contribution in [0.4, 0.5) is 4.39 Å². The molecule has 1 unspecified atom stereocenters. The van der Waals surface area contributed by atoms with E-state index in [1.54, 1.807) is 12.1 Å². The SMILES string of the molecule is COc1ccc(-c2nc(C3CCO[C@@H](c4cnn(C5CC5)c4)C3)nc3nc(C)c(C)nc23)c(F)c1. The van der Waals surface area contributed by atoms with Gasteiger partial charge >= 0.3 is 0 Å². The molecule has 1 aromatic carbocycles. The summed E-state index contributed by atoms with van der Waals surface area (Å²) >= 11 is 0. The van der Waals surface area contributed by atoms with E-state index in [2.05, 4.69) is 21.3 Å². The van der Waals surface area contributed by atoms with Crippen LogP contribution in [0, 0.1) is 19.7 Å². The van der Waals surface area contributed by atoms with Gasteiger partial charge in [0.05, 0.1) is 36.8 Å². The van der Waals surface area contributed by atoms with Crippen molar-refractivity contribution < 1.29 is 13.9 Å². The molecule has 4 heterocycles. The lowest BCUT2D eigenvalue weighted by atomic mass is 9.92. The minimum absolute atomic E-state index is 0.0471. The van der Waals surface area contributed by atoms with Gasteiger partial charge in [-0.2, -0.15) is 5.10 Å². The lowest BCUT2D eigenvalue weighted by Gasteiger charge is -2.28. The van der Waals surface area contributed by atoms with Gasteiger partial charge in [0.2, 0.25) is 0 Å². The summed E-state index contributed by atoms with van der Waals surface area (Å²) in [5.41, 5.74) is 4.42. The Labute approximate surface area is 202 Å². The summed E-state index contributed by atoms with van der Waals surface area (Å²) in [6.45, 7) is 4.38. The Morgan fingerprint density at radius 2 is 1.89 bits per heavy atom. The zero-order valence-electron chi connectivity index (χ0n) is 20.0. The van der Waals surface area contributed by atoms with Crippen molar-refractivity contribution in [3.8, 4) is 17.0 Å². The van der Waals surface area contributed by atoms with E-state index >= 15 is 4.39 Å². The number of rotatable bonds is 5. The fraction of sp³-hybridized carbons (Fsp3) is 0.423. The number of aryl methyl sites for hydroxylation is 2. The Morgan fingerprint density at radius 3 is 2.66 bits per heavy atom. The van der Waals surface area contributed by atoms with Gasteiger partial charge < -0.3 is 9.47 Å². The Morgan fingerprint density at radius 1 is 1.06 bits per heavy atom. The molecule has 2 aliphatic rings. The minimum atomic E-state index is -0.423. The fourth-order valence-electron chi connectivity index (χ4n) is 4.64. The van der Waals surface area contributed by atoms with Crippen molar-refractivity contribution in [2.45, 2.75) is 57.6 Å². The quantitative estimate of drug-likeness (QED) is 0.401. The van der Waals surface area contributed by atoms with Crippen LogP contribution in [0.25, 0.3) is 22.4 Å². The van der Waals surface area contributed by atoms with Gasteiger partial charge in [-0.1, -0.05) is 0 Å². The molecular formula is C26H27FN6O2. The van der Waals surface area contributed by atoms with Crippen LogP contribution in [0.2, 0.25) is 0 Å². The van der Waals surface area contributed by atoms with Crippen molar-refractivity contribution in [2.75, 3.05) is 13.7 Å². The number of aromatic nitrogens is 6. The van der Waals surface area contributed by atoms with Crippen LogP contribution in [0.15, 0.2) is 30.6 Å². The molecule has 3 aromatic heterocycles. The van der Waals surface area contributed by atoms with Gasteiger partial charge in [-0.05, 0) is 51.7 Å². The maximum absolute atomic E-state index is 15.1. The molecule has 8 nitrogen and oxygen atoms in total. The molecular weight excluding hydrogens is 447 g/mol. The van der Waals surface area contributed by atoms with Crippen LogP contribution in [0.3, 0.4) is 0 Å². The molecule has 1 saturated heterocycles. The van der Waals surface area contributed by atoms with Crippen molar-refractivity contribution in [2.24, 2.45) is 0 Å². The van der Waals surface area contributed by atoms with Crippen molar-refractivity contribution in [3.05, 3.63) is 59.2 Å². The van der Waals surface area contributed by atoms with Crippen molar-refractivity contribution in [1.82, 2.24) is 29.7 Å². The first-order valence-corrected chi connectivity index (χ1v) is 12.0. The molecule has 6 rings (SSSR count). The monoisotopic (exact) mass is 474 g/mol. The van der Waals surface area contributed by atoms with Crippen LogP contribution in [-0.4, -0.2) is 43.4 Å². The lowest BCUT2D eigenvalue weighted by molar-refractivity contribution is 0.00396. The molecule has 2 atom stereocenters. The van der Waals surface area contributed by atoms with Crippen LogP contribution in [0.1, 0.15) is 66.5 Å². The van der Waals surface area contributed by atoms with Gasteiger partial charge in [-0.15, -0.1) is 0 Å². The van der Waals surface area contributed by atoms with Gasteiger partial charge in [0.1, 0.15) is 28.6 Å². The number of benzene rings is 1. The number of fused-ring (bicyclic) bond motifs is 1. The second-order valence-electron chi connectivity index (χ2n) is 9.41. The van der Waals surface area contributed by atoms with E-state index in [1.165, 1.54) is 26.0 Å². The van der Waals surface area contributed by atoms with Gasteiger partial charge in [-0.25, -0.2) is 24.3 Å². The van der Waals surface area contributed by atoms with Crippen LogP contribution in [-0.2, 0) is 4.74 Å². The second kappa shape index (κ2) is 8.64. The molecule has 0 bridgehead atoms. The maximum atomic E-state index is 15.1. The van der Waals surface area contributed by atoms with E-state index in [9.17, 15) is 0 Å². The van der Waals surface area contributed by atoms with Crippen LogP contribution >= 0.6 is 0 Å². The average molecular weight is 475 g/mol. The standard InChI is InChI=1S/C26H27FN6O2/c1-14-15(2)30-26-24(29-14)23(20-7-6-19(34-3)11-21(20)27)31-25(32-26)16-8-9-35-22(10-16)17-12-28-33(13-17)18-4-5-18/h6-7,11-13,16,18,22H,4-5,8-10H2,1-3H3/t16?,22-/m1/s1. The van der Waals surface area contributed by atoms with E-state index in [0.29, 0.717) is 46.6 Å². The minimum Gasteiger partial charge on any atom is -0.497 e. The van der Waals surface area contributed by atoms with E-state index in [1.807, 2.05) is 24.7 Å². The van der Waals surface area contributed by atoms with Crippen LogP contribution in [0.5, 0.6) is 5.75 Å². The molecule has 4 aromatic rings. The second-order valence-corrected chi connectivity index (χ2v) is 9.41. The number of nitrogens with zero attached hydrogens (tertiary/aromatic N) is 6. The highest BCUT2D eigenvalue weighted by atomic mass is 19.1. The predicted molar refractivity (Wildman–Crippen MR) is 128 cm³/mol. The summed E-state index contributed by atoms with van der Waals surface area (Å²) in [4.78, 5) is 19.1. The summed E-state index contributed by atoms with van der Waals surface area (Å²) in [5, 5.41) is 4.52. The number of methoxy groups -OCH3 is 1. The third-order valence-corrected chi connectivity index (χ3v) is 6.95. The van der Waals surface area contributed by atoms with E-state index < -0.39 is 5.82 Å². The number of hydrogen-bond acceptors (Lipinski definition) is 7. The Balaban J connectivity index is 1.41. The lowest BCUT2D eigenvalue weighted by Crippen LogP contribution is -2.20. The van der Waals surface area contributed by atoms with E-state index in [0.717, 1.165) is 29.8 Å². The molecule has 0 radical (unpaired) electrons. The van der Waals surface area contributed by atoms with Crippen molar-refractivity contribution in [1.29, 1.82) is 0 Å². The molecule has 1 aliphatic heterocycles. The first kappa shape index (κ1) is 22.0. The Kier molecular flexibility index (Phi) is 5.44. The molecule has 35 heavy (non-hydrogen) atoms. The number of halogens is 1. The van der Waals surface area contributed by atoms with Crippen LogP contribution < -0.4 is 4.74 Å². The van der Waals surface area contributed by atoms with Gasteiger partial charge in [-0.3, -0.25) is 4.68 Å². The highest BCUT2D eigenvalue weighted by molar-refractivity contribution is 5.87. The largest absolute Gasteiger partial charge is 0.497 e. The highest BCUT2D eigenvalue weighted by Crippen LogP contribution is 2.40. The molecule has 9 heteroatoms. The zero-order chi connectivity index (χ0) is 24.1. The average Bonchev–Trinajstić information content (AvgIpc) is 3.60. The third kappa shape index (κ3) is 4.14. The van der Waals surface area contributed by atoms with E-state index in [4.69, 9.17) is 19.4 Å². The van der Waals surface area contributed by atoms with Gasteiger partial charge in [0, 0.05) is 35.9 Å².